The van der Waals surface area contributed by atoms with Crippen molar-refractivity contribution in [3.63, 3.8) is 0 Å². The highest BCUT2D eigenvalue weighted by Gasteiger charge is 2.20. The van der Waals surface area contributed by atoms with Crippen molar-refractivity contribution in [2.24, 2.45) is 0 Å². The van der Waals surface area contributed by atoms with E-state index in [1.165, 1.54) is 32.6 Å². The van der Waals surface area contributed by atoms with Crippen LogP contribution in [-0.4, -0.2) is 13.7 Å². The Balaban J connectivity index is 1.08. The summed E-state index contributed by atoms with van der Waals surface area (Å²) in [6, 6.07) is 61.5. The fourth-order valence-electron chi connectivity index (χ4n) is 8.71. The lowest BCUT2D eigenvalue weighted by molar-refractivity contribution is 1.17. The molecule has 55 heavy (non-hydrogen) atoms. The molecule has 0 saturated heterocycles. The van der Waals surface area contributed by atoms with Crippen LogP contribution < -0.4 is 0 Å². The van der Waals surface area contributed by atoms with Crippen molar-refractivity contribution in [2.75, 3.05) is 0 Å². The van der Waals surface area contributed by atoms with Gasteiger partial charge in [0.05, 0.1) is 46.4 Å². The number of para-hydroxylation sites is 4. The number of fused-ring (bicyclic) bond motifs is 9. The number of rotatable bonds is 4. The predicted octanol–water partition coefficient (Wildman–Crippen LogP) is 13.7. The molecule has 0 amide bonds. The first-order valence-electron chi connectivity index (χ1n) is 18.3. The maximum atomic E-state index is 8.03. The zero-order valence-corrected chi connectivity index (χ0v) is 29.5. The molecule has 0 aliphatic rings. The highest BCUT2D eigenvalue weighted by molar-refractivity contribution is 6.16. The van der Waals surface area contributed by atoms with E-state index in [-0.39, 0.29) is 0 Å². The van der Waals surface area contributed by atoms with Gasteiger partial charge in [0.15, 0.2) is 11.4 Å². The SMILES string of the molecule is [C-]#[N+]c1cc(-c2ccc(-n3c4ccccc4c4c(-n5c6ccccc6c6ccccc65)cccc43)cc2)cc(-n2c3ccccc3c3ccc([N+]#[C-])cc32)c1. The van der Waals surface area contributed by atoms with E-state index in [1.807, 2.05) is 42.5 Å². The Morgan fingerprint density at radius 1 is 0.327 bits per heavy atom. The van der Waals surface area contributed by atoms with Crippen molar-refractivity contribution in [3.8, 4) is 28.2 Å². The van der Waals surface area contributed by atoms with Gasteiger partial charge in [-0.1, -0.05) is 103 Å². The third kappa shape index (κ3) is 4.51. The van der Waals surface area contributed by atoms with Gasteiger partial charge in [0.25, 0.3) is 0 Å². The molecule has 5 nitrogen and oxygen atoms in total. The summed E-state index contributed by atoms with van der Waals surface area (Å²) in [5, 5.41) is 7.07. The molecule has 0 unspecified atom stereocenters. The molecule has 3 aromatic heterocycles. The summed E-state index contributed by atoms with van der Waals surface area (Å²) in [6.45, 7) is 15.7. The van der Waals surface area contributed by atoms with Crippen LogP contribution >= 0.6 is 0 Å². The average molecular weight is 700 g/mol. The van der Waals surface area contributed by atoms with Crippen molar-refractivity contribution in [1.29, 1.82) is 0 Å². The molecule has 0 saturated carbocycles. The minimum atomic E-state index is 0.559. The van der Waals surface area contributed by atoms with Gasteiger partial charge < -0.3 is 13.7 Å². The van der Waals surface area contributed by atoms with Gasteiger partial charge in [-0.3, -0.25) is 0 Å². The molecular weight excluding hydrogens is 671 g/mol. The second-order valence-electron chi connectivity index (χ2n) is 14.0. The molecule has 0 aliphatic carbocycles. The van der Waals surface area contributed by atoms with Crippen LogP contribution in [0.2, 0.25) is 0 Å². The number of aromatic nitrogens is 3. The van der Waals surface area contributed by atoms with Crippen molar-refractivity contribution in [3.05, 3.63) is 199 Å². The topological polar surface area (TPSA) is 23.5 Å². The van der Waals surface area contributed by atoms with Gasteiger partial charge >= 0.3 is 0 Å². The van der Waals surface area contributed by atoms with Crippen molar-refractivity contribution in [1.82, 2.24) is 13.7 Å². The van der Waals surface area contributed by atoms with Crippen LogP contribution in [0, 0.1) is 13.1 Å². The summed E-state index contributed by atoms with van der Waals surface area (Å²) in [4.78, 5) is 7.62. The smallest absolute Gasteiger partial charge is 0.189 e. The maximum absolute atomic E-state index is 8.03. The number of hydrogen-bond donors (Lipinski definition) is 0. The second-order valence-corrected chi connectivity index (χ2v) is 14.0. The molecule has 0 atom stereocenters. The minimum Gasteiger partial charge on any atom is -0.312 e. The van der Waals surface area contributed by atoms with E-state index < -0.39 is 0 Å². The molecule has 0 spiro atoms. The van der Waals surface area contributed by atoms with Crippen LogP contribution in [0.15, 0.2) is 176 Å². The van der Waals surface area contributed by atoms with Gasteiger partial charge in [-0.2, -0.15) is 0 Å². The molecule has 0 fully saturated rings. The number of nitrogens with zero attached hydrogens (tertiary/aromatic N) is 5. The summed E-state index contributed by atoms with van der Waals surface area (Å²) >= 11 is 0. The molecule has 11 aromatic rings. The summed E-state index contributed by atoms with van der Waals surface area (Å²) in [6.07, 6.45) is 0. The molecule has 8 aromatic carbocycles. The third-order valence-electron chi connectivity index (χ3n) is 11.0. The molecule has 0 N–H and O–H groups in total. The molecule has 0 radical (unpaired) electrons. The van der Waals surface area contributed by atoms with E-state index in [4.69, 9.17) is 13.1 Å². The van der Waals surface area contributed by atoms with Gasteiger partial charge in [-0.15, -0.1) is 0 Å². The molecule has 0 bridgehead atoms. The van der Waals surface area contributed by atoms with Gasteiger partial charge in [0.1, 0.15) is 0 Å². The van der Waals surface area contributed by atoms with E-state index in [2.05, 4.69) is 157 Å². The minimum absolute atomic E-state index is 0.559. The van der Waals surface area contributed by atoms with Crippen LogP contribution in [0.3, 0.4) is 0 Å². The third-order valence-corrected chi connectivity index (χ3v) is 11.0. The Bertz CT molecular complexity index is 3400. The van der Waals surface area contributed by atoms with Crippen LogP contribution in [0.1, 0.15) is 0 Å². The van der Waals surface area contributed by atoms with Gasteiger partial charge in [-0.25, -0.2) is 9.69 Å². The monoisotopic (exact) mass is 699 g/mol. The van der Waals surface area contributed by atoms with Crippen molar-refractivity contribution < 1.29 is 0 Å². The first-order valence-corrected chi connectivity index (χ1v) is 18.3. The molecule has 254 valence electrons. The van der Waals surface area contributed by atoms with Gasteiger partial charge in [0, 0.05) is 49.2 Å². The fraction of sp³-hybridized carbons (Fsp3) is 0. The predicted molar refractivity (Wildman–Crippen MR) is 227 cm³/mol. The highest BCUT2D eigenvalue weighted by atomic mass is 15.0. The van der Waals surface area contributed by atoms with Crippen molar-refractivity contribution in [2.45, 2.75) is 0 Å². The molecule has 0 aliphatic heterocycles. The molecule has 5 heteroatoms. The van der Waals surface area contributed by atoms with Crippen molar-refractivity contribution >= 4 is 76.8 Å². The zero-order chi connectivity index (χ0) is 36.6. The van der Waals surface area contributed by atoms with Crippen LogP contribution in [0.25, 0.3) is 103 Å². The molecule has 11 rings (SSSR count). The van der Waals surface area contributed by atoms with E-state index in [1.54, 1.807) is 0 Å². The number of hydrogen-bond acceptors (Lipinski definition) is 0. The standard InChI is InChI=1S/C50H29N5/c1-51-34-24-27-41-40-14-3-7-16-43(40)54(49(41)31-34)37-29-33(28-35(30-37)52-2)32-22-25-36(26-23-32)53-46-19-10-6-15-42(46)50-47(53)20-11-21-48(50)55-44-17-8-4-12-38(44)39-13-5-9-18-45(39)55/h3-31H. The van der Waals surface area contributed by atoms with E-state index in [9.17, 15) is 0 Å². The first-order chi connectivity index (χ1) is 27.2. The average Bonchev–Trinajstić information content (AvgIpc) is 3.89. The Morgan fingerprint density at radius 3 is 1.49 bits per heavy atom. The zero-order valence-electron chi connectivity index (χ0n) is 29.5. The lowest BCUT2D eigenvalue weighted by Gasteiger charge is -2.13. The Labute approximate surface area is 316 Å². The van der Waals surface area contributed by atoms with Crippen LogP contribution in [-0.2, 0) is 0 Å². The van der Waals surface area contributed by atoms with Crippen LogP contribution in [0.4, 0.5) is 11.4 Å². The van der Waals surface area contributed by atoms with E-state index in [0.717, 1.165) is 61.0 Å². The normalized spacial score (nSPS) is 11.6. The fourth-order valence-corrected chi connectivity index (χ4v) is 8.71. The first kappa shape index (κ1) is 30.7. The summed E-state index contributed by atoms with van der Waals surface area (Å²) in [5.74, 6) is 0. The second kappa shape index (κ2) is 11.8. The quantitative estimate of drug-likeness (QED) is 0.163. The lowest BCUT2D eigenvalue weighted by Crippen LogP contribution is -1.97. The Hall–Kier alpha value is -7.86. The maximum Gasteiger partial charge on any atom is 0.189 e. The van der Waals surface area contributed by atoms with Gasteiger partial charge in [-0.05, 0) is 83.9 Å². The number of benzene rings is 8. The van der Waals surface area contributed by atoms with E-state index >= 15 is 0 Å². The Kier molecular flexibility index (Phi) is 6.61. The van der Waals surface area contributed by atoms with E-state index in [0.29, 0.717) is 11.4 Å². The molecular formula is C50H29N5. The highest BCUT2D eigenvalue weighted by Crippen LogP contribution is 2.41. The van der Waals surface area contributed by atoms with Gasteiger partial charge in [0.2, 0.25) is 0 Å². The van der Waals surface area contributed by atoms with Crippen LogP contribution in [0.5, 0.6) is 0 Å². The summed E-state index contributed by atoms with van der Waals surface area (Å²) in [5.41, 5.74) is 12.9. The Morgan fingerprint density at radius 2 is 0.855 bits per heavy atom. The summed E-state index contributed by atoms with van der Waals surface area (Å²) < 4.78 is 6.95. The largest absolute Gasteiger partial charge is 0.312 e. The summed E-state index contributed by atoms with van der Waals surface area (Å²) in [7, 11) is 0. The lowest BCUT2D eigenvalue weighted by atomic mass is 10.0. The molecule has 3 heterocycles.